The monoisotopic (exact) mass is 612 g/mol. The van der Waals surface area contributed by atoms with Crippen LogP contribution >= 0.6 is 11.6 Å². The van der Waals surface area contributed by atoms with E-state index < -0.39 is 68.3 Å². The summed E-state index contributed by atoms with van der Waals surface area (Å²) in [5.74, 6) is -4.39. The zero-order valence-electron chi connectivity index (χ0n) is 21.3. The van der Waals surface area contributed by atoms with Gasteiger partial charge in [0.2, 0.25) is 0 Å². The predicted octanol–water partition coefficient (Wildman–Crippen LogP) is 5.63. The van der Waals surface area contributed by atoms with Crippen molar-refractivity contribution in [3.8, 4) is 0 Å². The molecule has 3 N–H and O–H groups in total. The van der Waals surface area contributed by atoms with Crippen molar-refractivity contribution in [3.05, 3.63) is 88.2 Å². The summed E-state index contributed by atoms with van der Waals surface area (Å²) in [6, 6.07) is 10.2. The third-order valence-electron chi connectivity index (χ3n) is 8.12. The number of halogens is 5. The molecule has 218 valence electrons. The van der Waals surface area contributed by atoms with Crippen LogP contribution in [0.5, 0.6) is 0 Å². The number of pyridine rings is 1. The highest BCUT2D eigenvalue weighted by atomic mass is 35.5. The highest BCUT2D eigenvalue weighted by Gasteiger charge is 2.59. The molecular formula is C28H25ClF4N2O5S. The molecule has 2 saturated carbocycles. The Morgan fingerprint density at radius 1 is 1.00 bits per heavy atom. The van der Waals surface area contributed by atoms with E-state index in [9.17, 15) is 41.0 Å². The number of alkyl halides is 2. The van der Waals surface area contributed by atoms with Gasteiger partial charge in [-0.25, -0.2) is 31.0 Å². The maximum absolute atomic E-state index is 13.8. The Balaban J connectivity index is 1.38. The Morgan fingerprint density at radius 2 is 1.66 bits per heavy atom. The first-order valence-electron chi connectivity index (χ1n) is 12.8. The Hall–Kier alpha value is -3.06. The third-order valence-corrected chi connectivity index (χ3v) is 10.8. The van der Waals surface area contributed by atoms with E-state index in [4.69, 9.17) is 11.6 Å². The van der Waals surface area contributed by atoms with Crippen molar-refractivity contribution in [2.45, 2.75) is 54.0 Å². The number of benzene rings is 2. The topological polar surface area (TPSA) is 117 Å². The number of carbonyl (C=O) groups is 1. The van der Waals surface area contributed by atoms with Gasteiger partial charge in [-0.1, -0.05) is 17.7 Å². The van der Waals surface area contributed by atoms with E-state index in [1.54, 1.807) is 0 Å². The largest absolute Gasteiger partial charge is 0.386 e. The number of rotatable bonds is 7. The molecule has 41 heavy (non-hydrogen) atoms. The Bertz CT molecular complexity index is 1590. The van der Waals surface area contributed by atoms with Crippen molar-refractivity contribution < 1.29 is 41.0 Å². The average molecular weight is 613 g/mol. The van der Waals surface area contributed by atoms with Crippen LogP contribution < -0.4 is 5.32 Å². The third kappa shape index (κ3) is 5.33. The van der Waals surface area contributed by atoms with Gasteiger partial charge in [-0.3, -0.25) is 4.79 Å². The Morgan fingerprint density at radius 3 is 2.29 bits per heavy atom. The zero-order chi connectivity index (χ0) is 29.7. The van der Waals surface area contributed by atoms with Gasteiger partial charge < -0.3 is 15.5 Å². The van der Waals surface area contributed by atoms with Crippen LogP contribution in [0.2, 0.25) is 5.02 Å². The fourth-order valence-corrected chi connectivity index (χ4v) is 8.44. The van der Waals surface area contributed by atoms with E-state index in [2.05, 4.69) is 10.3 Å². The molecule has 2 bridgehead atoms. The number of carbonyl (C=O) groups excluding carboxylic acids is 1. The molecule has 3 atom stereocenters. The smallest absolute Gasteiger partial charge is 0.280 e. The van der Waals surface area contributed by atoms with E-state index in [1.165, 1.54) is 24.3 Å². The highest BCUT2D eigenvalue weighted by Crippen LogP contribution is 2.56. The number of anilines is 1. The first kappa shape index (κ1) is 29.4. The first-order chi connectivity index (χ1) is 19.3. The maximum atomic E-state index is 13.8. The number of sulfone groups is 1. The highest BCUT2D eigenvalue weighted by molar-refractivity contribution is 7.92. The fraction of sp³-hybridized carbons (Fsp3) is 0.357. The second kappa shape index (κ2) is 11.0. The van der Waals surface area contributed by atoms with Gasteiger partial charge >= 0.3 is 0 Å². The average Bonchev–Trinajstić information content (AvgIpc) is 3.10. The normalized spacial score (nSPS) is 24.8. The molecule has 1 heterocycles. The van der Waals surface area contributed by atoms with Crippen molar-refractivity contribution in [1.82, 2.24) is 4.98 Å². The summed E-state index contributed by atoms with van der Waals surface area (Å²) in [7, 11) is -4.15. The summed E-state index contributed by atoms with van der Waals surface area (Å²) in [5, 5.41) is 23.9. The molecule has 1 aromatic heterocycles. The number of fused-ring (bicyclic) bond motifs is 2. The van der Waals surface area contributed by atoms with Crippen LogP contribution in [0.1, 0.15) is 60.0 Å². The molecule has 2 aromatic carbocycles. The quantitative estimate of drug-likeness (QED) is 0.298. The van der Waals surface area contributed by atoms with Crippen molar-refractivity contribution in [2.75, 3.05) is 5.32 Å². The lowest BCUT2D eigenvalue weighted by molar-refractivity contribution is -0.146. The molecule has 2 fully saturated rings. The second-order valence-corrected chi connectivity index (χ2v) is 13.0. The summed E-state index contributed by atoms with van der Waals surface area (Å²) in [4.78, 5) is 16.3. The molecule has 2 aliphatic carbocycles. The van der Waals surface area contributed by atoms with Crippen molar-refractivity contribution in [3.63, 3.8) is 0 Å². The number of nitrogens with one attached hydrogen (secondary N) is 1. The predicted molar refractivity (Wildman–Crippen MR) is 141 cm³/mol. The van der Waals surface area contributed by atoms with Crippen molar-refractivity contribution in [2.24, 2.45) is 11.8 Å². The molecule has 0 spiro atoms. The second-order valence-electron chi connectivity index (χ2n) is 10.4. The molecule has 7 nitrogen and oxygen atoms in total. The number of aromatic nitrogens is 1. The van der Waals surface area contributed by atoms with E-state index >= 15 is 0 Å². The minimum absolute atomic E-state index is 0.0384. The summed E-state index contributed by atoms with van der Waals surface area (Å²) in [5.41, 5.74) is -2.56. The molecule has 1 amide bonds. The summed E-state index contributed by atoms with van der Waals surface area (Å²) in [6.45, 7) is 0. The minimum atomic E-state index is -4.15. The number of nitrogens with zero attached hydrogens (tertiary/aromatic N) is 1. The minimum Gasteiger partial charge on any atom is -0.386 e. The van der Waals surface area contributed by atoms with E-state index in [1.807, 2.05) is 0 Å². The molecule has 0 radical (unpaired) electrons. The van der Waals surface area contributed by atoms with Gasteiger partial charge in [0.1, 0.15) is 17.4 Å². The number of hydrogen-bond donors (Lipinski definition) is 3. The van der Waals surface area contributed by atoms with E-state index in [-0.39, 0.29) is 39.7 Å². The van der Waals surface area contributed by atoms with Crippen LogP contribution in [-0.4, -0.2) is 40.4 Å². The molecule has 5 rings (SSSR count). The van der Waals surface area contributed by atoms with E-state index in [0.717, 1.165) is 30.3 Å². The lowest BCUT2D eigenvalue weighted by Gasteiger charge is -2.45. The first-order valence-corrected chi connectivity index (χ1v) is 14.7. The summed E-state index contributed by atoms with van der Waals surface area (Å²) >= 11 is 6.26. The summed E-state index contributed by atoms with van der Waals surface area (Å²) in [6.07, 6.45) is -3.74. The van der Waals surface area contributed by atoms with Gasteiger partial charge in [0.05, 0.1) is 20.9 Å². The zero-order valence-corrected chi connectivity index (χ0v) is 22.8. The van der Waals surface area contributed by atoms with E-state index in [0.29, 0.717) is 12.8 Å². The molecule has 13 heteroatoms. The summed E-state index contributed by atoms with van der Waals surface area (Å²) < 4.78 is 80.6. The molecule has 0 saturated heterocycles. The number of amides is 1. The van der Waals surface area contributed by atoms with Crippen LogP contribution in [0, 0.1) is 23.5 Å². The van der Waals surface area contributed by atoms with Gasteiger partial charge in [0.15, 0.2) is 21.5 Å². The van der Waals surface area contributed by atoms with Gasteiger partial charge in [-0.2, -0.15) is 0 Å². The van der Waals surface area contributed by atoms with Crippen LogP contribution in [0.25, 0.3) is 0 Å². The maximum Gasteiger partial charge on any atom is 0.280 e. The number of hydrogen-bond acceptors (Lipinski definition) is 6. The molecular weight excluding hydrogens is 588 g/mol. The fourth-order valence-electron chi connectivity index (χ4n) is 6.04. The van der Waals surface area contributed by atoms with Crippen LogP contribution in [0.15, 0.2) is 59.5 Å². The van der Waals surface area contributed by atoms with Gasteiger partial charge in [-0.05, 0) is 80.0 Å². The Kier molecular flexibility index (Phi) is 7.88. The molecule has 0 aliphatic heterocycles. The van der Waals surface area contributed by atoms with Crippen molar-refractivity contribution >= 4 is 33.0 Å². The van der Waals surface area contributed by atoms with Crippen LogP contribution in [0.3, 0.4) is 0 Å². The van der Waals surface area contributed by atoms with Crippen LogP contribution in [-0.2, 0) is 9.84 Å². The number of aliphatic hydroxyl groups excluding tert-OH is 1. The SMILES string of the molecule is O=C(Nc1ccc(F)c(F)c1)c1ccc(Cl)c(S(=O)(=O)C2CC3CCC(C2)C3(O)C(O)c2cccc(C(F)F)n2)c1. The standard InChI is InChI=1S/C28H25ClF4N2O5S/c29-19-8-4-14(27(37)34-17-7-9-20(30)21(31)13-17)10-24(19)41(39,40)18-11-15-5-6-16(12-18)28(15,38)25(36)22-2-1-3-23(35-22)26(32)33/h1-4,7-10,13,15-16,18,25-26,36,38H,5-6,11-12H2,(H,34,37). The van der Waals surface area contributed by atoms with Crippen LogP contribution in [0.4, 0.5) is 23.2 Å². The van der Waals surface area contributed by atoms with Gasteiger partial charge in [0, 0.05) is 17.3 Å². The van der Waals surface area contributed by atoms with Crippen molar-refractivity contribution in [1.29, 1.82) is 0 Å². The number of aliphatic hydroxyl groups is 2. The van der Waals surface area contributed by atoms with Gasteiger partial charge in [-0.15, -0.1) is 0 Å². The molecule has 2 aliphatic rings. The molecule has 3 aromatic rings. The Labute approximate surface area is 238 Å². The lowest BCUT2D eigenvalue weighted by atomic mass is 9.70. The lowest BCUT2D eigenvalue weighted by Crippen LogP contribution is -2.52. The van der Waals surface area contributed by atoms with Gasteiger partial charge in [0.25, 0.3) is 12.3 Å². The molecule has 3 unspecified atom stereocenters.